The zero-order valence-electron chi connectivity index (χ0n) is 25.1. The highest BCUT2D eigenvalue weighted by Crippen LogP contribution is 2.29. The molecule has 1 N–H and O–H groups in total. The van der Waals surface area contributed by atoms with E-state index in [1.165, 1.54) is 4.90 Å². The van der Waals surface area contributed by atoms with Crippen LogP contribution in [0, 0.1) is 11.8 Å². The Morgan fingerprint density at radius 2 is 1.88 bits per heavy atom. The van der Waals surface area contributed by atoms with Crippen molar-refractivity contribution in [3.8, 4) is 11.8 Å². The first-order valence-corrected chi connectivity index (χ1v) is 14.5. The monoisotopic (exact) mass is 596 g/mol. The van der Waals surface area contributed by atoms with Gasteiger partial charge in [-0.3, -0.25) is 19.7 Å². The maximum atomic E-state index is 13.1. The molecule has 232 valence electrons. The first kappa shape index (κ1) is 33.4. The van der Waals surface area contributed by atoms with E-state index in [-0.39, 0.29) is 24.8 Å². The SMILES string of the molecule is CC(C)(C)OC(=O)N(CCC#Cc1cccc2c1CN(C1CCC(=O)NC1=O)C2=O)CCOCCCOCCCN=[N+]=[N-]. The van der Waals surface area contributed by atoms with Crippen molar-refractivity contribution in [2.75, 3.05) is 46.1 Å². The van der Waals surface area contributed by atoms with Crippen LogP contribution in [-0.2, 0) is 30.3 Å². The topological polar surface area (TPSA) is 163 Å². The fourth-order valence-corrected chi connectivity index (χ4v) is 4.60. The summed E-state index contributed by atoms with van der Waals surface area (Å²) in [6.07, 6.45) is 1.78. The lowest BCUT2D eigenvalue weighted by Gasteiger charge is -2.29. The molecule has 3 rings (SSSR count). The van der Waals surface area contributed by atoms with Gasteiger partial charge in [0, 0.05) is 74.9 Å². The molecule has 1 unspecified atom stereocenters. The van der Waals surface area contributed by atoms with E-state index in [0.717, 1.165) is 5.56 Å². The number of imide groups is 1. The van der Waals surface area contributed by atoms with Crippen molar-refractivity contribution >= 4 is 23.8 Å². The number of benzene rings is 1. The lowest BCUT2D eigenvalue weighted by atomic mass is 10.0. The molecule has 13 heteroatoms. The highest BCUT2D eigenvalue weighted by atomic mass is 16.6. The number of amides is 4. The zero-order chi connectivity index (χ0) is 31.2. The summed E-state index contributed by atoms with van der Waals surface area (Å²) >= 11 is 0. The second kappa shape index (κ2) is 16.5. The minimum absolute atomic E-state index is 0.193. The van der Waals surface area contributed by atoms with Crippen LogP contribution in [-0.4, -0.2) is 91.3 Å². The molecule has 1 aromatic carbocycles. The number of fused-ring (bicyclic) bond motifs is 1. The minimum atomic E-state index is -0.689. The zero-order valence-corrected chi connectivity index (χ0v) is 25.1. The van der Waals surface area contributed by atoms with E-state index in [9.17, 15) is 19.2 Å². The molecular formula is C30H40N6O7. The third-order valence-electron chi connectivity index (χ3n) is 6.66. The summed E-state index contributed by atoms with van der Waals surface area (Å²) in [5.74, 6) is 5.21. The van der Waals surface area contributed by atoms with Crippen molar-refractivity contribution in [2.24, 2.45) is 5.11 Å². The average molecular weight is 597 g/mol. The molecular weight excluding hydrogens is 556 g/mol. The molecule has 2 aliphatic rings. The number of nitrogens with zero attached hydrogens (tertiary/aromatic N) is 5. The summed E-state index contributed by atoms with van der Waals surface area (Å²) in [5.41, 5.74) is 9.55. The molecule has 43 heavy (non-hydrogen) atoms. The van der Waals surface area contributed by atoms with E-state index in [0.29, 0.717) is 82.9 Å². The lowest BCUT2D eigenvalue weighted by Crippen LogP contribution is -2.52. The lowest BCUT2D eigenvalue weighted by molar-refractivity contribution is -0.136. The third kappa shape index (κ3) is 10.6. The summed E-state index contributed by atoms with van der Waals surface area (Å²) in [4.78, 5) is 55.5. The Hall–Kier alpha value is -4.11. The van der Waals surface area contributed by atoms with Crippen LogP contribution >= 0.6 is 0 Å². The van der Waals surface area contributed by atoms with Gasteiger partial charge in [-0.25, -0.2) is 4.79 Å². The second-order valence-corrected chi connectivity index (χ2v) is 11.1. The van der Waals surface area contributed by atoms with Gasteiger partial charge in [-0.1, -0.05) is 23.0 Å². The number of carbonyl (C=O) groups excluding carboxylic acids is 4. The van der Waals surface area contributed by atoms with Crippen LogP contribution in [0.25, 0.3) is 10.4 Å². The molecule has 1 saturated heterocycles. The van der Waals surface area contributed by atoms with Gasteiger partial charge in [-0.05, 0) is 63.3 Å². The molecule has 2 heterocycles. The van der Waals surface area contributed by atoms with E-state index in [1.807, 2.05) is 6.07 Å². The predicted molar refractivity (Wildman–Crippen MR) is 157 cm³/mol. The third-order valence-corrected chi connectivity index (χ3v) is 6.66. The van der Waals surface area contributed by atoms with Crippen molar-refractivity contribution in [2.45, 2.75) is 71.1 Å². The van der Waals surface area contributed by atoms with E-state index in [2.05, 4.69) is 27.2 Å². The van der Waals surface area contributed by atoms with Crippen LogP contribution in [0.4, 0.5) is 4.79 Å². The highest BCUT2D eigenvalue weighted by molar-refractivity contribution is 6.05. The largest absolute Gasteiger partial charge is 0.444 e. The van der Waals surface area contributed by atoms with Crippen molar-refractivity contribution in [3.05, 3.63) is 45.3 Å². The number of azide groups is 1. The Balaban J connectivity index is 1.52. The second-order valence-electron chi connectivity index (χ2n) is 11.1. The van der Waals surface area contributed by atoms with Gasteiger partial charge >= 0.3 is 6.09 Å². The molecule has 1 atom stereocenters. The molecule has 1 aromatic rings. The minimum Gasteiger partial charge on any atom is -0.444 e. The van der Waals surface area contributed by atoms with E-state index < -0.39 is 23.6 Å². The van der Waals surface area contributed by atoms with E-state index >= 15 is 0 Å². The van der Waals surface area contributed by atoms with Crippen molar-refractivity contribution in [1.82, 2.24) is 15.1 Å². The fraction of sp³-hybridized carbons (Fsp3) is 0.600. The summed E-state index contributed by atoms with van der Waals surface area (Å²) in [7, 11) is 0. The molecule has 0 bridgehead atoms. The van der Waals surface area contributed by atoms with Crippen LogP contribution < -0.4 is 5.32 Å². The summed E-state index contributed by atoms with van der Waals surface area (Å²) in [6.45, 7) is 8.59. The Labute approximate surface area is 251 Å². The molecule has 0 spiro atoms. The molecule has 0 saturated carbocycles. The van der Waals surface area contributed by atoms with E-state index in [4.69, 9.17) is 19.7 Å². The number of piperidine rings is 1. The Morgan fingerprint density at radius 3 is 2.60 bits per heavy atom. The number of ether oxygens (including phenoxy) is 3. The van der Waals surface area contributed by atoms with Crippen molar-refractivity contribution < 1.29 is 33.4 Å². The maximum absolute atomic E-state index is 13.1. The predicted octanol–water partition coefficient (Wildman–Crippen LogP) is 3.55. The van der Waals surface area contributed by atoms with Gasteiger partial charge in [0.05, 0.1) is 6.61 Å². The molecule has 0 aliphatic carbocycles. The number of hydrogen-bond acceptors (Lipinski definition) is 8. The first-order chi connectivity index (χ1) is 20.6. The maximum Gasteiger partial charge on any atom is 0.410 e. The summed E-state index contributed by atoms with van der Waals surface area (Å²) in [6, 6.07) is 4.62. The van der Waals surface area contributed by atoms with Gasteiger partial charge in [-0.15, -0.1) is 0 Å². The van der Waals surface area contributed by atoms with Gasteiger partial charge < -0.3 is 24.0 Å². The molecule has 0 aromatic heterocycles. The standard InChI is InChI=1S/C30H40N6O7/c1-30(2,3)43-29(40)35(16-20-42-19-8-18-41-17-7-14-32-34-31)15-5-4-9-22-10-6-11-23-24(22)21-36(28(23)39)25-12-13-26(37)33-27(25)38/h6,10-11,25H,5,7-8,12-21H2,1-3H3,(H,33,37,38). The Morgan fingerprint density at radius 1 is 1.14 bits per heavy atom. The van der Waals surface area contributed by atoms with Crippen molar-refractivity contribution in [1.29, 1.82) is 0 Å². The van der Waals surface area contributed by atoms with Crippen LogP contribution in [0.1, 0.15) is 74.4 Å². The van der Waals surface area contributed by atoms with Gasteiger partial charge in [0.15, 0.2) is 0 Å². The smallest absolute Gasteiger partial charge is 0.410 e. The van der Waals surface area contributed by atoms with Crippen LogP contribution in [0.3, 0.4) is 0 Å². The number of carbonyl (C=O) groups is 4. The summed E-state index contributed by atoms with van der Waals surface area (Å²) in [5, 5.41) is 5.77. The van der Waals surface area contributed by atoms with Gasteiger partial charge in [0.1, 0.15) is 11.6 Å². The average Bonchev–Trinajstić information content (AvgIpc) is 3.28. The van der Waals surface area contributed by atoms with E-state index in [1.54, 1.807) is 37.8 Å². The van der Waals surface area contributed by atoms with Gasteiger partial charge in [-0.2, -0.15) is 0 Å². The molecule has 1 fully saturated rings. The molecule has 4 amide bonds. The molecule has 2 aliphatic heterocycles. The number of nitrogens with one attached hydrogen (secondary N) is 1. The number of rotatable bonds is 14. The van der Waals surface area contributed by atoms with Crippen molar-refractivity contribution in [3.63, 3.8) is 0 Å². The molecule has 13 nitrogen and oxygen atoms in total. The quantitative estimate of drug-likeness (QED) is 0.0857. The first-order valence-electron chi connectivity index (χ1n) is 14.5. The number of hydrogen-bond donors (Lipinski definition) is 1. The normalized spacial score (nSPS) is 16.1. The van der Waals surface area contributed by atoms with Gasteiger partial charge in [0.2, 0.25) is 11.8 Å². The Kier molecular flexibility index (Phi) is 12.8. The van der Waals surface area contributed by atoms with Crippen LogP contribution in [0.2, 0.25) is 0 Å². The van der Waals surface area contributed by atoms with Crippen LogP contribution in [0.5, 0.6) is 0 Å². The summed E-state index contributed by atoms with van der Waals surface area (Å²) < 4.78 is 16.7. The fourth-order valence-electron chi connectivity index (χ4n) is 4.60. The van der Waals surface area contributed by atoms with Gasteiger partial charge in [0.25, 0.3) is 5.91 Å². The highest BCUT2D eigenvalue weighted by Gasteiger charge is 2.39. The Bertz CT molecular complexity index is 1280. The molecule has 0 radical (unpaired) electrons. The van der Waals surface area contributed by atoms with Crippen LogP contribution in [0.15, 0.2) is 23.3 Å².